The van der Waals surface area contributed by atoms with Crippen molar-refractivity contribution in [1.29, 1.82) is 0 Å². The molecule has 1 aromatic rings. The average Bonchev–Trinajstić information content (AvgIpc) is 2.65. The molecule has 3 heteroatoms. The summed E-state index contributed by atoms with van der Waals surface area (Å²) in [6.45, 7) is 12.2. The Kier molecular flexibility index (Phi) is 4.48. The van der Waals surface area contributed by atoms with Crippen LogP contribution in [0, 0.1) is 6.92 Å². The average molecular weight is 274 g/mol. The molecule has 20 heavy (non-hydrogen) atoms. The molecule has 1 aliphatic rings. The van der Waals surface area contributed by atoms with Crippen molar-refractivity contribution < 1.29 is 4.79 Å². The van der Waals surface area contributed by atoms with Gasteiger partial charge in [0, 0.05) is 25.2 Å². The van der Waals surface area contributed by atoms with Crippen molar-refractivity contribution in [3.63, 3.8) is 0 Å². The van der Waals surface area contributed by atoms with Gasteiger partial charge in [0.25, 0.3) is 5.91 Å². The van der Waals surface area contributed by atoms with E-state index < -0.39 is 0 Å². The number of carbonyl (C=O) groups is 1. The topological polar surface area (TPSA) is 32.3 Å². The molecule has 1 saturated heterocycles. The zero-order valence-corrected chi connectivity index (χ0v) is 13.1. The fraction of sp³-hybridized carbons (Fsp3) is 0.588. The van der Waals surface area contributed by atoms with Crippen molar-refractivity contribution in [3.05, 3.63) is 34.9 Å². The summed E-state index contributed by atoms with van der Waals surface area (Å²) in [5.41, 5.74) is 3.34. The van der Waals surface area contributed by atoms with Crippen LogP contribution in [0.15, 0.2) is 18.2 Å². The van der Waals surface area contributed by atoms with E-state index in [1.807, 2.05) is 17.9 Å². The molecule has 0 unspecified atom stereocenters. The van der Waals surface area contributed by atoms with Crippen molar-refractivity contribution in [2.24, 2.45) is 0 Å². The predicted molar refractivity (Wildman–Crippen MR) is 83.3 cm³/mol. The molecule has 1 fully saturated rings. The molecular weight excluding hydrogens is 248 g/mol. The number of hydrogen-bond acceptors (Lipinski definition) is 2. The fourth-order valence-corrected chi connectivity index (χ4v) is 2.59. The highest BCUT2D eigenvalue weighted by atomic mass is 16.2. The van der Waals surface area contributed by atoms with Gasteiger partial charge >= 0.3 is 0 Å². The van der Waals surface area contributed by atoms with Gasteiger partial charge in [0.1, 0.15) is 0 Å². The molecule has 1 aromatic carbocycles. The molecule has 3 nitrogen and oxygen atoms in total. The number of amides is 1. The normalized spacial score (nSPS) is 16.9. The Morgan fingerprint density at radius 1 is 1.20 bits per heavy atom. The van der Waals surface area contributed by atoms with Gasteiger partial charge in [0.15, 0.2) is 0 Å². The van der Waals surface area contributed by atoms with E-state index in [1.165, 1.54) is 5.56 Å². The molecular formula is C17H26N2O. The Hall–Kier alpha value is -1.35. The van der Waals surface area contributed by atoms with E-state index in [0.29, 0.717) is 0 Å². The summed E-state index contributed by atoms with van der Waals surface area (Å²) in [6, 6.07) is 6.25. The maximum Gasteiger partial charge on any atom is 0.254 e. The largest absolute Gasteiger partial charge is 0.337 e. The van der Waals surface area contributed by atoms with Gasteiger partial charge in [-0.3, -0.25) is 4.79 Å². The van der Waals surface area contributed by atoms with Crippen LogP contribution in [0.1, 0.15) is 48.7 Å². The van der Waals surface area contributed by atoms with Crippen LogP contribution in [0.4, 0.5) is 0 Å². The van der Waals surface area contributed by atoms with E-state index in [-0.39, 0.29) is 11.3 Å². The van der Waals surface area contributed by atoms with Crippen molar-refractivity contribution in [2.75, 3.05) is 26.2 Å². The van der Waals surface area contributed by atoms with E-state index >= 15 is 0 Å². The summed E-state index contributed by atoms with van der Waals surface area (Å²) in [7, 11) is 0. The van der Waals surface area contributed by atoms with Gasteiger partial charge in [0.05, 0.1) is 0 Å². The van der Waals surface area contributed by atoms with Crippen LogP contribution in [0.3, 0.4) is 0 Å². The molecule has 110 valence electrons. The van der Waals surface area contributed by atoms with Crippen molar-refractivity contribution in [3.8, 4) is 0 Å². The van der Waals surface area contributed by atoms with Gasteiger partial charge < -0.3 is 10.2 Å². The van der Waals surface area contributed by atoms with E-state index in [0.717, 1.165) is 43.7 Å². The first-order chi connectivity index (χ1) is 9.39. The SMILES string of the molecule is Cc1cc(C(C)(C)C)ccc1C(=O)N1CCCNCC1. The second-order valence-electron chi connectivity index (χ2n) is 6.68. The highest BCUT2D eigenvalue weighted by Crippen LogP contribution is 2.25. The molecule has 0 aromatic heterocycles. The van der Waals surface area contributed by atoms with Crippen molar-refractivity contribution >= 4 is 5.91 Å². The Bertz CT molecular complexity index is 480. The second kappa shape index (κ2) is 5.96. The minimum absolute atomic E-state index is 0.124. The van der Waals surface area contributed by atoms with Crippen LogP contribution < -0.4 is 5.32 Å². The lowest BCUT2D eigenvalue weighted by molar-refractivity contribution is 0.0765. The smallest absolute Gasteiger partial charge is 0.254 e. The minimum atomic E-state index is 0.124. The third-order valence-corrected chi connectivity index (χ3v) is 3.95. The molecule has 0 atom stereocenters. The summed E-state index contributed by atoms with van der Waals surface area (Å²) in [5, 5.41) is 3.33. The molecule has 1 amide bonds. The number of nitrogens with one attached hydrogen (secondary N) is 1. The van der Waals surface area contributed by atoms with Crippen LogP contribution >= 0.6 is 0 Å². The minimum Gasteiger partial charge on any atom is -0.337 e. The monoisotopic (exact) mass is 274 g/mol. The lowest BCUT2D eigenvalue weighted by Gasteiger charge is -2.23. The highest BCUT2D eigenvalue weighted by Gasteiger charge is 2.20. The Balaban J connectivity index is 2.22. The van der Waals surface area contributed by atoms with E-state index in [4.69, 9.17) is 0 Å². The van der Waals surface area contributed by atoms with Gasteiger partial charge in [-0.2, -0.15) is 0 Å². The molecule has 1 aliphatic heterocycles. The standard InChI is InChI=1S/C17H26N2O/c1-13-12-14(17(2,3)4)6-7-15(13)16(20)19-10-5-8-18-9-11-19/h6-7,12,18H,5,8-11H2,1-4H3. The van der Waals surface area contributed by atoms with E-state index in [2.05, 4.69) is 38.2 Å². The third kappa shape index (κ3) is 3.40. The molecule has 0 saturated carbocycles. The maximum atomic E-state index is 12.6. The molecule has 1 heterocycles. The van der Waals surface area contributed by atoms with Crippen LogP contribution in [-0.4, -0.2) is 37.0 Å². The number of hydrogen-bond donors (Lipinski definition) is 1. The van der Waals surface area contributed by atoms with Gasteiger partial charge in [-0.05, 0) is 42.5 Å². The van der Waals surface area contributed by atoms with Crippen LogP contribution in [0.25, 0.3) is 0 Å². The second-order valence-corrected chi connectivity index (χ2v) is 6.68. The molecule has 0 spiro atoms. The summed E-state index contributed by atoms with van der Waals surface area (Å²) in [4.78, 5) is 14.6. The first kappa shape index (κ1) is 15.0. The predicted octanol–water partition coefficient (Wildman–Crippen LogP) is 2.73. The fourth-order valence-electron chi connectivity index (χ4n) is 2.59. The van der Waals surface area contributed by atoms with Crippen LogP contribution in [0.5, 0.6) is 0 Å². The number of aryl methyl sites for hydroxylation is 1. The van der Waals surface area contributed by atoms with E-state index in [9.17, 15) is 4.79 Å². The summed E-state index contributed by atoms with van der Waals surface area (Å²) < 4.78 is 0. The van der Waals surface area contributed by atoms with Gasteiger partial charge in [0.2, 0.25) is 0 Å². The summed E-state index contributed by atoms with van der Waals surface area (Å²) in [5.74, 6) is 0.173. The highest BCUT2D eigenvalue weighted by molar-refractivity contribution is 5.95. The summed E-state index contributed by atoms with van der Waals surface area (Å²) in [6.07, 6.45) is 1.03. The summed E-state index contributed by atoms with van der Waals surface area (Å²) >= 11 is 0. The molecule has 0 radical (unpaired) electrons. The molecule has 2 rings (SSSR count). The van der Waals surface area contributed by atoms with Gasteiger partial charge in [-0.1, -0.05) is 32.9 Å². The zero-order chi connectivity index (χ0) is 14.8. The van der Waals surface area contributed by atoms with Crippen molar-refractivity contribution in [1.82, 2.24) is 10.2 Å². The quantitative estimate of drug-likeness (QED) is 0.854. The number of carbonyl (C=O) groups excluding carboxylic acids is 1. The number of nitrogens with zero attached hydrogens (tertiary/aromatic N) is 1. The molecule has 0 bridgehead atoms. The lowest BCUT2D eigenvalue weighted by atomic mass is 9.85. The lowest BCUT2D eigenvalue weighted by Crippen LogP contribution is -2.34. The Labute approximate surface area is 122 Å². The Morgan fingerprint density at radius 2 is 1.95 bits per heavy atom. The first-order valence-electron chi connectivity index (χ1n) is 7.51. The zero-order valence-electron chi connectivity index (χ0n) is 13.1. The van der Waals surface area contributed by atoms with Gasteiger partial charge in [-0.15, -0.1) is 0 Å². The molecule has 1 N–H and O–H groups in total. The number of rotatable bonds is 1. The van der Waals surface area contributed by atoms with E-state index in [1.54, 1.807) is 0 Å². The maximum absolute atomic E-state index is 12.6. The van der Waals surface area contributed by atoms with Crippen LogP contribution in [0.2, 0.25) is 0 Å². The van der Waals surface area contributed by atoms with Crippen LogP contribution in [-0.2, 0) is 5.41 Å². The number of benzene rings is 1. The first-order valence-corrected chi connectivity index (χ1v) is 7.51. The Morgan fingerprint density at radius 3 is 2.60 bits per heavy atom. The molecule has 0 aliphatic carbocycles. The van der Waals surface area contributed by atoms with Gasteiger partial charge in [-0.25, -0.2) is 0 Å². The van der Waals surface area contributed by atoms with Crippen molar-refractivity contribution in [2.45, 2.75) is 39.5 Å². The third-order valence-electron chi connectivity index (χ3n) is 3.95.